The van der Waals surface area contributed by atoms with Gasteiger partial charge in [0.2, 0.25) is 23.6 Å². The van der Waals surface area contributed by atoms with E-state index in [2.05, 4.69) is 26.6 Å². The maximum Gasteiger partial charge on any atom is 0.250 e. The average Bonchev–Trinajstić information content (AvgIpc) is 3.27. The second-order valence-corrected chi connectivity index (χ2v) is 8.64. The molecule has 3 aliphatic heterocycles. The SMILES string of the molecule is NC(=O)C[C@@H]1N[C@]2(C(=O)Nc3ccccc32)[C@@H]2C(=O)N(c3ccc(Br)cc3)C(=O)[C@H]12. The summed E-state index contributed by atoms with van der Waals surface area (Å²) in [7, 11) is 0. The van der Waals surface area contributed by atoms with Gasteiger partial charge in [0.25, 0.3) is 0 Å². The average molecular weight is 469 g/mol. The van der Waals surface area contributed by atoms with Gasteiger partial charge in [0.1, 0.15) is 5.54 Å². The van der Waals surface area contributed by atoms with Gasteiger partial charge in [-0.15, -0.1) is 0 Å². The fraction of sp³-hybridized carbons (Fsp3) is 0.238. The molecule has 0 aliphatic carbocycles. The van der Waals surface area contributed by atoms with Crippen molar-refractivity contribution in [2.75, 3.05) is 10.2 Å². The summed E-state index contributed by atoms with van der Waals surface area (Å²) in [4.78, 5) is 53.0. The summed E-state index contributed by atoms with van der Waals surface area (Å²) in [6.07, 6.45) is -0.161. The lowest BCUT2D eigenvalue weighted by Crippen LogP contribution is -2.53. The van der Waals surface area contributed by atoms with Crippen molar-refractivity contribution in [1.82, 2.24) is 5.32 Å². The van der Waals surface area contributed by atoms with E-state index in [1.165, 1.54) is 0 Å². The Kier molecular flexibility index (Phi) is 4.09. The maximum absolute atomic E-state index is 13.6. The predicted molar refractivity (Wildman–Crippen MR) is 111 cm³/mol. The van der Waals surface area contributed by atoms with Gasteiger partial charge < -0.3 is 11.1 Å². The van der Waals surface area contributed by atoms with Crippen LogP contribution in [0.4, 0.5) is 11.4 Å². The highest BCUT2D eigenvalue weighted by Crippen LogP contribution is 2.53. The summed E-state index contributed by atoms with van der Waals surface area (Å²) in [6.45, 7) is 0. The zero-order chi connectivity index (χ0) is 21.2. The quantitative estimate of drug-likeness (QED) is 0.585. The third-order valence-corrected chi connectivity index (χ3v) is 6.66. The van der Waals surface area contributed by atoms with E-state index in [0.29, 0.717) is 16.9 Å². The molecule has 9 heteroatoms. The Labute approximate surface area is 179 Å². The molecule has 0 aromatic heterocycles. The summed E-state index contributed by atoms with van der Waals surface area (Å²) < 4.78 is 0.805. The van der Waals surface area contributed by atoms with E-state index in [-0.39, 0.29) is 6.42 Å². The Bertz CT molecular complexity index is 1120. The number of hydrogen-bond donors (Lipinski definition) is 3. The first kappa shape index (κ1) is 19.0. The lowest BCUT2D eigenvalue weighted by atomic mass is 9.76. The minimum Gasteiger partial charge on any atom is -0.370 e. The van der Waals surface area contributed by atoms with Gasteiger partial charge in [-0.3, -0.25) is 24.5 Å². The molecule has 0 bridgehead atoms. The van der Waals surface area contributed by atoms with E-state index in [4.69, 9.17) is 5.73 Å². The molecular weight excluding hydrogens is 452 g/mol. The van der Waals surface area contributed by atoms with E-state index in [9.17, 15) is 19.2 Å². The van der Waals surface area contributed by atoms with E-state index < -0.39 is 47.0 Å². The molecule has 2 aromatic carbocycles. The zero-order valence-corrected chi connectivity index (χ0v) is 17.2. The number of benzene rings is 2. The van der Waals surface area contributed by atoms with Gasteiger partial charge in [0, 0.05) is 28.2 Å². The first-order valence-electron chi connectivity index (χ1n) is 9.45. The van der Waals surface area contributed by atoms with E-state index >= 15 is 0 Å². The topological polar surface area (TPSA) is 122 Å². The summed E-state index contributed by atoms with van der Waals surface area (Å²) >= 11 is 3.34. The maximum atomic E-state index is 13.6. The normalized spacial score (nSPS) is 29.3. The number of anilines is 2. The van der Waals surface area contributed by atoms with Crippen LogP contribution in [-0.4, -0.2) is 29.7 Å². The van der Waals surface area contributed by atoms with Gasteiger partial charge >= 0.3 is 0 Å². The van der Waals surface area contributed by atoms with Crippen molar-refractivity contribution in [3.8, 4) is 0 Å². The van der Waals surface area contributed by atoms with E-state index in [1.54, 1.807) is 48.5 Å². The summed E-state index contributed by atoms with van der Waals surface area (Å²) in [6, 6.07) is 13.1. The molecule has 4 atom stereocenters. The monoisotopic (exact) mass is 468 g/mol. The standard InChI is InChI=1S/C21H17BrN4O4/c22-10-5-7-11(8-6-10)26-18(28)16-14(9-15(23)27)25-21(17(16)19(26)29)12-3-1-2-4-13(12)24-20(21)30/h1-8,14,16-17,25H,9H2,(H2,23,27)(H,24,30)/t14-,16+,17-,21-/m0/s1. The van der Waals surface area contributed by atoms with Crippen molar-refractivity contribution in [3.63, 3.8) is 0 Å². The fourth-order valence-corrected chi connectivity index (χ4v) is 5.26. The number of nitrogens with two attached hydrogens (primary N) is 1. The zero-order valence-electron chi connectivity index (χ0n) is 15.6. The molecule has 4 amide bonds. The van der Waals surface area contributed by atoms with Gasteiger partial charge in [-0.05, 0) is 30.3 Å². The number of para-hydroxylation sites is 1. The first-order valence-corrected chi connectivity index (χ1v) is 10.2. The molecular formula is C21H17BrN4O4. The molecule has 2 saturated heterocycles. The largest absolute Gasteiger partial charge is 0.370 e. The van der Waals surface area contributed by atoms with Gasteiger partial charge in [0.15, 0.2) is 0 Å². The molecule has 3 heterocycles. The number of halogens is 1. The highest BCUT2D eigenvalue weighted by molar-refractivity contribution is 9.10. The molecule has 30 heavy (non-hydrogen) atoms. The van der Waals surface area contributed by atoms with Crippen molar-refractivity contribution in [3.05, 3.63) is 58.6 Å². The minimum absolute atomic E-state index is 0.161. The number of imide groups is 1. The van der Waals surface area contributed by atoms with Crippen molar-refractivity contribution in [1.29, 1.82) is 0 Å². The van der Waals surface area contributed by atoms with Crippen molar-refractivity contribution >= 4 is 50.9 Å². The number of amides is 4. The van der Waals surface area contributed by atoms with Crippen LogP contribution >= 0.6 is 15.9 Å². The minimum atomic E-state index is -1.43. The molecule has 8 nitrogen and oxygen atoms in total. The van der Waals surface area contributed by atoms with Crippen LogP contribution in [0.15, 0.2) is 53.0 Å². The number of carbonyl (C=O) groups is 4. The van der Waals surface area contributed by atoms with Gasteiger partial charge in [-0.2, -0.15) is 0 Å². The summed E-state index contributed by atoms with van der Waals surface area (Å²) in [5.74, 6) is -3.81. The van der Waals surface area contributed by atoms with Crippen LogP contribution in [0.1, 0.15) is 12.0 Å². The number of rotatable bonds is 3. The molecule has 3 aliphatic rings. The van der Waals surface area contributed by atoms with Crippen LogP contribution in [0.5, 0.6) is 0 Å². The second kappa shape index (κ2) is 6.48. The third-order valence-electron chi connectivity index (χ3n) is 6.13. The number of nitrogens with zero attached hydrogens (tertiary/aromatic N) is 1. The van der Waals surface area contributed by atoms with Crippen LogP contribution in [0.3, 0.4) is 0 Å². The van der Waals surface area contributed by atoms with Gasteiger partial charge in [-0.1, -0.05) is 34.1 Å². The van der Waals surface area contributed by atoms with Crippen molar-refractivity contribution < 1.29 is 19.2 Å². The number of carbonyl (C=O) groups excluding carboxylic acids is 4. The molecule has 2 fully saturated rings. The Hall–Kier alpha value is -3.04. The van der Waals surface area contributed by atoms with Crippen LogP contribution in [0.25, 0.3) is 0 Å². The van der Waals surface area contributed by atoms with Crippen molar-refractivity contribution in [2.24, 2.45) is 17.6 Å². The third kappa shape index (κ3) is 2.42. The fourth-order valence-electron chi connectivity index (χ4n) is 4.99. The molecule has 5 rings (SSSR count). The highest BCUT2D eigenvalue weighted by atomic mass is 79.9. The Morgan fingerprint density at radius 3 is 2.47 bits per heavy atom. The molecule has 152 valence electrons. The molecule has 1 spiro atoms. The molecule has 0 unspecified atom stereocenters. The Morgan fingerprint density at radius 1 is 1.07 bits per heavy atom. The van der Waals surface area contributed by atoms with E-state index in [0.717, 1.165) is 9.37 Å². The molecule has 2 aromatic rings. The number of primary amides is 1. The van der Waals surface area contributed by atoms with Gasteiger partial charge in [0.05, 0.1) is 17.5 Å². The lowest BCUT2D eigenvalue weighted by Gasteiger charge is -2.29. The highest BCUT2D eigenvalue weighted by Gasteiger charge is 2.70. The van der Waals surface area contributed by atoms with Crippen molar-refractivity contribution in [2.45, 2.75) is 18.0 Å². The summed E-state index contributed by atoms with van der Waals surface area (Å²) in [5, 5.41) is 5.97. The summed E-state index contributed by atoms with van der Waals surface area (Å²) in [5.41, 5.74) is 5.58. The number of fused-ring (bicyclic) bond motifs is 4. The number of hydrogen-bond acceptors (Lipinski definition) is 5. The van der Waals surface area contributed by atoms with Crippen LogP contribution < -0.4 is 21.3 Å². The smallest absolute Gasteiger partial charge is 0.250 e. The van der Waals surface area contributed by atoms with E-state index in [1.807, 2.05) is 0 Å². The molecule has 0 radical (unpaired) electrons. The second-order valence-electron chi connectivity index (χ2n) is 7.72. The molecule has 0 saturated carbocycles. The van der Waals surface area contributed by atoms with Crippen LogP contribution in [-0.2, 0) is 24.7 Å². The Morgan fingerprint density at radius 2 is 1.77 bits per heavy atom. The first-order chi connectivity index (χ1) is 14.3. The van der Waals surface area contributed by atoms with Crippen LogP contribution in [0.2, 0.25) is 0 Å². The Balaban J connectivity index is 1.67. The number of nitrogens with one attached hydrogen (secondary N) is 2. The predicted octanol–water partition coefficient (Wildman–Crippen LogP) is 1.25. The van der Waals surface area contributed by atoms with Gasteiger partial charge in [-0.25, -0.2) is 4.90 Å². The molecule has 4 N–H and O–H groups in total. The lowest BCUT2D eigenvalue weighted by molar-refractivity contribution is -0.130. The van der Waals surface area contributed by atoms with Crippen LogP contribution in [0, 0.1) is 11.8 Å².